The lowest BCUT2D eigenvalue weighted by Gasteiger charge is -2.30. The molecule has 5 heteroatoms. The van der Waals surface area contributed by atoms with Crippen LogP contribution in [0.25, 0.3) is 0 Å². The van der Waals surface area contributed by atoms with E-state index in [9.17, 15) is 9.59 Å². The van der Waals surface area contributed by atoms with Crippen molar-refractivity contribution in [1.82, 2.24) is 10.2 Å². The molecule has 2 aromatic carbocycles. The van der Waals surface area contributed by atoms with Gasteiger partial charge < -0.3 is 15.0 Å². The lowest BCUT2D eigenvalue weighted by molar-refractivity contribution is -0.134. The summed E-state index contributed by atoms with van der Waals surface area (Å²) in [6, 6.07) is 16.7. The number of nitrogens with zero attached hydrogens (tertiary/aromatic N) is 1. The van der Waals surface area contributed by atoms with Crippen molar-refractivity contribution >= 4 is 11.8 Å². The lowest BCUT2D eigenvalue weighted by Crippen LogP contribution is -2.40. The molecule has 5 nitrogen and oxygen atoms in total. The molecule has 3 rings (SSSR count). The fourth-order valence-corrected chi connectivity index (χ4v) is 3.10. The van der Waals surface area contributed by atoms with E-state index in [1.54, 1.807) is 24.3 Å². The number of hydrogen-bond donors (Lipinski definition) is 1. The van der Waals surface area contributed by atoms with Gasteiger partial charge in [0.25, 0.3) is 11.8 Å². The average molecular weight is 366 g/mol. The van der Waals surface area contributed by atoms with E-state index < -0.39 is 0 Å². The van der Waals surface area contributed by atoms with Crippen molar-refractivity contribution in [3.05, 3.63) is 65.7 Å². The highest BCUT2D eigenvalue weighted by Crippen LogP contribution is 2.17. The minimum Gasteiger partial charge on any atom is -0.484 e. The van der Waals surface area contributed by atoms with E-state index in [1.165, 1.54) is 0 Å². The predicted octanol–water partition coefficient (Wildman–Crippen LogP) is 3.25. The van der Waals surface area contributed by atoms with Gasteiger partial charge in [-0.3, -0.25) is 9.59 Å². The van der Waals surface area contributed by atoms with Crippen LogP contribution in [0.4, 0.5) is 0 Å². The first kappa shape index (κ1) is 19.0. The number of carbonyl (C=O) groups excluding carboxylic acids is 2. The highest BCUT2D eigenvalue weighted by Gasteiger charge is 2.20. The first-order chi connectivity index (χ1) is 13.1. The zero-order chi connectivity index (χ0) is 19.1. The van der Waals surface area contributed by atoms with Crippen molar-refractivity contribution in [2.75, 3.05) is 19.7 Å². The number of carbonyl (C=O) groups is 2. The summed E-state index contributed by atoms with van der Waals surface area (Å²) in [4.78, 5) is 26.5. The van der Waals surface area contributed by atoms with Crippen molar-refractivity contribution in [2.24, 2.45) is 5.92 Å². The Morgan fingerprint density at radius 3 is 2.56 bits per heavy atom. The number of nitrogens with one attached hydrogen (secondary N) is 1. The third kappa shape index (κ3) is 5.58. The van der Waals surface area contributed by atoms with Gasteiger partial charge in [0.2, 0.25) is 0 Å². The topological polar surface area (TPSA) is 58.6 Å². The van der Waals surface area contributed by atoms with Crippen LogP contribution in [0.5, 0.6) is 5.75 Å². The highest BCUT2D eigenvalue weighted by atomic mass is 16.5. The third-order valence-corrected chi connectivity index (χ3v) is 4.89. The molecular formula is C22H26N2O3. The second kappa shape index (κ2) is 9.21. The molecule has 0 spiro atoms. The molecule has 0 saturated carbocycles. The first-order valence-corrected chi connectivity index (χ1v) is 9.44. The van der Waals surface area contributed by atoms with Gasteiger partial charge in [-0.1, -0.05) is 43.3 Å². The van der Waals surface area contributed by atoms with Crippen molar-refractivity contribution in [2.45, 2.75) is 26.3 Å². The Morgan fingerprint density at radius 1 is 1.07 bits per heavy atom. The standard InChI is InChI=1S/C22H26N2O3/c1-17-10-12-24(13-11-17)21(25)16-27-20-9-5-8-19(14-20)22(26)23-15-18-6-3-2-4-7-18/h2-9,14,17H,10-13,15-16H2,1H3,(H,23,26). The third-order valence-electron chi connectivity index (χ3n) is 4.89. The number of piperidine rings is 1. The van der Waals surface area contributed by atoms with E-state index in [1.807, 2.05) is 35.2 Å². The molecule has 1 aliphatic heterocycles. The SMILES string of the molecule is CC1CCN(C(=O)COc2cccc(C(=O)NCc3ccccc3)c2)CC1. The van der Waals surface area contributed by atoms with Gasteiger partial charge >= 0.3 is 0 Å². The van der Waals surface area contributed by atoms with Gasteiger partial charge in [-0.05, 0) is 42.5 Å². The molecule has 0 unspecified atom stereocenters. The predicted molar refractivity (Wildman–Crippen MR) is 105 cm³/mol. The maximum absolute atomic E-state index is 12.3. The zero-order valence-electron chi connectivity index (χ0n) is 15.7. The van der Waals surface area contributed by atoms with E-state index in [0.717, 1.165) is 31.5 Å². The quantitative estimate of drug-likeness (QED) is 0.854. The number of benzene rings is 2. The van der Waals surface area contributed by atoms with Crippen LogP contribution in [-0.2, 0) is 11.3 Å². The fraction of sp³-hybridized carbons (Fsp3) is 0.364. The largest absolute Gasteiger partial charge is 0.484 e. The minimum atomic E-state index is -0.166. The smallest absolute Gasteiger partial charge is 0.260 e. The average Bonchev–Trinajstić information content (AvgIpc) is 2.71. The van der Waals surface area contributed by atoms with Gasteiger partial charge in [0.15, 0.2) is 6.61 Å². The summed E-state index contributed by atoms with van der Waals surface area (Å²) in [5, 5.41) is 2.89. The summed E-state index contributed by atoms with van der Waals surface area (Å²) in [5.74, 6) is 1.05. The normalized spacial score (nSPS) is 14.6. The van der Waals surface area contributed by atoms with E-state index in [4.69, 9.17) is 4.74 Å². The van der Waals surface area contributed by atoms with E-state index in [0.29, 0.717) is 23.8 Å². The molecule has 1 saturated heterocycles. The van der Waals surface area contributed by atoms with Crippen LogP contribution in [0.1, 0.15) is 35.7 Å². The molecule has 1 aliphatic rings. The van der Waals surface area contributed by atoms with Crippen LogP contribution in [0.2, 0.25) is 0 Å². The number of hydrogen-bond acceptors (Lipinski definition) is 3. The van der Waals surface area contributed by atoms with Crippen molar-refractivity contribution in [1.29, 1.82) is 0 Å². The van der Waals surface area contributed by atoms with Crippen LogP contribution in [-0.4, -0.2) is 36.4 Å². The summed E-state index contributed by atoms with van der Waals surface area (Å²) in [6.07, 6.45) is 2.09. The summed E-state index contributed by atoms with van der Waals surface area (Å²) >= 11 is 0. The summed E-state index contributed by atoms with van der Waals surface area (Å²) in [7, 11) is 0. The lowest BCUT2D eigenvalue weighted by atomic mass is 9.99. The summed E-state index contributed by atoms with van der Waals surface area (Å²) in [6.45, 7) is 4.28. The number of ether oxygens (including phenoxy) is 1. The van der Waals surface area contributed by atoms with Gasteiger partial charge in [-0.2, -0.15) is 0 Å². The minimum absolute atomic E-state index is 0.000771. The number of amides is 2. The van der Waals surface area contributed by atoms with E-state index in [2.05, 4.69) is 12.2 Å². The van der Waals surface area contributed by atoms with Crippen molar-refractivity contribution in [3.63, 3.8) is 0 Å². The van der Waals surface area contributed by atoms with Gasteiger partial charge in [0, 0.05) is 25.2 Å². The second-order valence-corrected chi connectivity index (χ2v) is 7.05. The van der Waals surface area contributed by atoms with Crippen LogP contribution in [0.15, 0.2) is 54.6 Å². The Kier molecular flexibility index (Phi) is 6.47. The van der Waals surface area contributed by atoms with Crippen LogP contribution >= 0.6 is 0 Å². The molecule has 0 atom stereocenters. The fourth-order valence-electron chi connectivity index (χ4n) is 3.10. The molecule has 2 aromatic rings. The summed E-state index contributed by atoms with van der Waals surface area (Å²) < 4.78 is 5.63. The van der Waals surface area contributed by atoms with E-state index in [-0.39, 0.29) is 18.4 Å². The van der Waals surface area contributed by atoms with Gasteiger partial charge in [-0.25, -0.2) is 0 Å². The van der Waals surface area contributed by atoms with Crippen LogP contribution < -0.4 is 10.1 Å². The molecule has 2 amide bonds. The Labute approximate surface area is 160 Å². The van der Waals surface area contributed by atoms with Crippen LogP contribution in [0.3, 0.4) is 0 Å². The van der Waals surface area contributed by atoms with Crippen molar-refractivity contribution < 1.29 is 14.3 Å². The maximum atomic E-state index is 12.3. The van der Waals surface area contributed by atoms with Crippen LogP contribution in [0, 0.1) is 5.92 Å². The second-order valence-electron chi connectivity index (χ2n) is 7.05. The molecular weight excluding hydrogens is 340 g/mol. The molecule has 0 aliphatic carbocycles. The molecule has 27 heavy (non-hydrogen) atoms. The Morgan fingerprint density at radius 2 is 1.81 bits per heavy atom. The Hall–Kier alpha value is -2.82. The summed E-state index contributed by atoms with van der Waals surface area (Å²) in [5.41, 5.74) is 1.56. The Balaban J connectivity index is 1.50. The molecule has 142 valence electrons. The van der Waals surface area contributed by atoms with Gasteiger partial charge in [0.1, 0.15) is 5.75 Å². The molecule has 1 fully saturated rings. The van der Waals surface area contributed by atoms with Crippen molar-refractivity contribution in [3.8, 4) is 5.75 Å². The monoisotopic (exact) mass is 366 g/mol. The van der Waals surface area contributed by atoms with Gasteiger partial charge in [0.05, 0.1) is 0 Å². The molecule has 0 radical (unpaired) electrons. The number of likely N-dealkylation sites (tertiary alicyclic amines) is 1. The highest BCUT2D eigenvalue weighted by molar-refractivity contribution is 5.94. The number of rotatable bonds is 6. The van der Waals surface area contributed by atoms with E-state index >= 15 is 0 Å². The molecule has 1 heterocycles. The van der Waals surface area contributed by atoms with Gasteiger partial charge in [-0.15, -0.1) is 0 Å². The molecule has 0 aromatic heterocycles. The zero-order valence-corrected chi connectivity index (χ0v) is 15.7. The molecule has 1 N–H and O–H groups in total. The Bertz CT molecular complexity index is 768. The molecule has 0 bridgehead atoms. The maximum Gasteiger partial charge on any atom is 0.260 e. The first-order valence-electron chi connectivity index (χ1n) is 9.44.